The van der Waals surface area contributed by atoms with Gasteiger partial charge in [0.25, 0.3) is 0 Å². The summed E-state index contributed by atoms with van der Waals surface area (Å²) in [6.07, 6.45) is 2.84. The van der Waals surface area contributed by atoms with Crippen molar-refractivity contribution in [3.63, 3.8) is 0 Å². The Kier molecular flexibility index (Phi) is 5.92. The first-order chi connectivity index (χ1) is 8.04. The van der Waals surface area contributed by atoms with E-state index in [1.54, 1.807) is 0 Å². The molecule has 0 spiro atoms. The van der Waals surface area contributed by atoms with Crippen molar-refractivity contribution in [1.82, 2.24) is 15.1 Å². The van der Waals surface area contributed by atoms with Crippen LogP contribution in [0.1, 0.15) is 33.1 Å². The first kappa shape index (κ1) is 14.5. The molecular formula is C13H27N3O. The van der Waals surface area contributed by atoms with Gasteiger partial charge in [-0.2, -0.15) is 0 Å². The fourth-order valence-electron chi connectivity index (χ4n) is 2.44. The maximum Gasteiger partial charge on any atom is 0.224 e. The predicted octanol–water partition coefficient (Wildman–Crippen LogP) is 0.927. The molecule has 1 aliphatic heterocycles. The SMILES string of the molecule is CCNC(C)CC(=O)N1CCC(N(C)C)CC1. The second kappa shape index (κ2) is 6.97. The van der Waals surface area contributed by atoms with Gasteiger partial charge in [0, 0.05) is 31.6 Å². The molecule has 0 bridgehead atoms. The smallest absolute Gasteiger partial charge is 0.224 e. The summed E-state index contributed by atoms with van der Waals surface area (Å²) in [7, 11) is 4.24. The number of nitrogens with one attached hydrogen (secondary N) is 1. The molecule has 0 aliphatic carbocycles. The van der Waals surface area contributed by atoms with Crippen molar-refractivity contribution < 1.29 is 4.79 Å². The Morgan fingerprint density at radius 1 is 1.41 bits per heavy atom. The van der Waals surface area contributed by atoms with Gasteiger partial charge >= 0.3 is 0 Å². The Morgan fingerprint density at radius 3 is 2.47 bits per heavy atom. The summed E-state index contributed by atoms with van der Waals surface area (Å²) >= 11 is 0. The Bertz CT molecular complexity index is 235. The van der Waals surface area contributed by atoms with E-state index < -0.39 is 0 Å². The summed E-state index contributed by atoms with van der Waals surface area (Å²) in [6, 6.07) is 0.935. The Morgan fingerprint density at radius 2 is 2.00 bits per heavy atom. The van der Waals surface area contributed by atoms with E-state index in [0.29, 0.717) is 24.4 Å². The van der Waals surface area contributed by atoms with Gasteiger partial charge in [-0.3, -0.25) is 4.79 Å². The zero-order valence-corrected chi connectivity index (χ0v) is 11.7. The van der Waals surface area contributed by atoms with Crippen LogP contribution in [0.4, 0.5) is 0 Å². The van der Waals surface area contributed by atoms with Crippen LogP contribution in [-0.4, -0.2) is 61.5 Å². The molecule has 1 rings (SSSR count). The molecular weight excluding hydrogens is 214 g/mol. The third kappa shape index (κ3) is 4.64. The molecule has 1 N–H and O–H groups in total. The summed E-state index contributed by atoms with van der Waals surface area (Å²) in [5.74, 6) is 0.302. The number of carbonyl (C=O) groups is 1. The molecule has 4 nitrogen and oxygen atoms in total. The molecule has 17 heavy (non-hydrogen) atoms. The van der Waals surface area contributed by atoms with Gasteiger partial charge in [0.1, 0.15) is 0 Å². The second-order valence-corrected chi connectivity index (χ2v) is 5.24. The molecule has 1 saturated heterocycles. The average Bonchev–Trinajstić information content (AvgIpc) is 2.29. The van der Waals surface area contributed by atoms with Crippen LogP contribution in [0, 0.1) is 0 Å². The molecule has 1 heterocycles. The van der Waals surface area contributed by atoms with Gasteiger partial charge in [-0.25, -0.2) is 0 Å². The quantitative estimate of drug-likeness (QED) is 0.778. The van der Waals surface area contributed by atoms with E-state index in [1.165, 1.54) is 0 Å². The Hall–Kier alpha value is -0.610. The molecule has 0 aromatic heterocycles. The van der Waals surface area contributed by atoms with E-state index in [4.69, 9.17) is 0 Å². The highest BCUT2D eigenvalue weighted by atomic mass is 16.2. The van der Waals surface area contributed by atoms with Crippen molar-refractivity contribution in [3.8, 4) is 0 Å². The molecule has 0 aromatic carbocycles. The van der Waals surface area contributed by atoms with Gasteiger partial charge < -0.3 is 15.1 Å². The number of hydrogen-bond donors (Lipinski definition) is 1. The number of nitrogens with zero attached hydrogens (tertiary/aromatic N) is 2. The maximum atomic E-state index is 12.0. The van der Waals surface area contributed by atoms with Crippen LogP contribution in [-0.2, 0) is 4.79 Å². The molecule has 1 aliphatic rings. The van der Waals surface area contributed by atoms with E-state index >= 15 is 0 Å². The van der Waals surface area contributed by atoms with Gasteiger partial charge in [-0.1, -0.05) is 6.92 Å². The van der Waals surface area contributed by atoms with Gasteiger partial charge in [0.2, 0.25) is 5.91 Å². The van der Waals surface area contributed by atoms with Gasteiger partial charge in [-0.05, 0) is 40.4 Å². The van der Waals surface area contributed by atoms with Crippen LogP contribution < -0.4 is 5.32 Å². The zero-order chi connectivity index (χ0) is 12.8. The lowest BCUT2D eigenvalue weighted by molar-refractivity contribution is -0.133. The van der Waals surface area contributed by atoms with Crippen LogP contribution in [0.15, 0.2) is 0 Å². The first-order valence-corrected chi connectivity index (χ1v) is 6.72. The van der Waals surface area contributed by atoms with Gasteiger partial charge in [0.05, 0.1) is 0 Å². The topological polar surface area (TPSA) is 35.6 Å². The molecule has 1 atom stereocenters. The minimum atomic E-state index is 0.291. The minimum Gasteiger partial charge on any atom is -0.343 e. The highest BCUT2D eigenvalue weighted by Gasteiger charge is 2.24. The normalized spacial score (nSPS) is 19.7. The molecule has 1 amide bonds. The minimum absolute atomic E-state index is 0.291. The number of likely N-dealkylation sites (tertiary alicyclic amines) is 1. The predicted molar refractivity (Wildman–Crippen MR) is 71.0 cm³/mol. The summed E-state index contributed by atoms with van der Waals surface area (Å²) in [4.78, 5) is 16.3. The summed E-state index contributed by atoms with van der Waals surface area (Å²) in [5.41, 5.74) is 0. The number of piperidine rings is 1. The third-order valence-electron chi connectivity index (χ3n) is 3.58. The Labute approximate surface area is 105 Å². The van der Waals surface area contributed by atoms with E-state index in [0.717, 1.165) is 32.5 Å². The fourth-order valence-corrected chi connectivity index (χ4v) is 2.44. The van der Waals surface area contributed by atoms with E-state index in [-0.39, 0.29) is 0 Å². The first-order valence-electron chi connectivity index (χ1n) is 6.72. The molecule has 4 heteroatoms. The molecule has 1 unspecified atom stereocenters. The third-order valence-corrected chi connectivity index (χ3v) is 3.58. The van der Waals surface area contributed by atoms with E-state index in [9.17, 15) is 4.79 Å². The molecule has 0 aromatic rings. The van der Waals surface area contributed by atoms with Crippen LogP contribution in [0.5, 0.6) is 0 Å². The molecule has 0 saturated carbocycles. The number of rotatable bonds is 5. The maximum absolute atomic E-state index is 12.0. The van der Waals surface area contributed by atoms with Crippen LogP contribution in [0.3, 0.4) is 0 Å². The number of hydrogen-bond acceptors (Lipinski definition) is 3. The molecule has 100 valence electrons. The average molecular weight is 241 g/mol. The van der Waals surface area contributed by atoms with Crippen LogP contribution in [0.2, 0.25) is 0 Å². The number of amides is 1. The number of carbonyl (C=O) groups excluding carboxylic acids is 1. The van der Waals surface area contributed by atoms with E-state index in [2.05, 4.69) is 38.2 Å². The van der Waals surface area contributed by atoms with Crippen molar-refractivity contribution >= 4 is 5.91 Å². The highest BCUT2D eigenvalue weighted by molar-refractivity contribution is 5.76. The summed E-state index contributed by atoms with van der Waals surface area (Å²) in [6.45, 7) is 6.91. The van der Waals surface area contributed by atoms with Gasteiger partial charge in [-0.15, -0.1) is 0 Å². The fraction of sp³-hybridized carbons (Fsp3) is 0.923. The van der Waals surface area contributed by atoms with Crippen molar-refractivity contribution in [2.45, 2.75) is 45.2 Å². The second-order valence-electron chi connectivity index (χ2n) is 5.24. The van der Waals surface area contributed by atoms with Crippen molar-refractivity contribution in [1.29, 1.82) is 0 Å². The van der Waals surface area contributed by atoms with Gasteiger partial charge in [0.15, 0.2) is 0 Å². The Balaban J connectivity index is 2.30. The zero-order valence-electron chi connectivity index (χ0n) is 11.7. The van der Waals surface area contributed by atoms with Crippen molar-refractivity contribution in [2.24, 2.45) is 0 Å². The van der Waals surface area contributed by atoms with Crippen molar-refractivity contribution in [2.75, 3.05) is 33.7 Å². The van der Waals surface area contributed by atoms with Crippen LogP contribution in [0.25, 0.3) is 0 Å². The summed E-state index contributed by atoms with van der Waals surface area (Å²) < 4.78 is 0. The largest absolute Gasteiger partial charge is 0.343 e. The van der Waals surface area contributed by atoms with E-state index in [1.807, 2.05) is 4.90 Å². The lowest BCUT2D eigenvalue weighted by Gasteiger charge is -2.35. The molecule has 1 fully saturated rings. The summed E-state index contributed by atoms with van der Waals surface area (Å²) in [5, 5.41) is 3.29. The highest BCUT2D eigenvalue weighted by Crippen LogP contribution is 2.15. The molecule has 0 radical (unpaired) electrons. The lowest BCUT2D eigenvalue weighted by Crippen LogP contribution is -2.45. The monoisotopic (exact) mass is 241 g/mol. The lowest BCUT2D eigenvalue weighted by atomic mass is 10.0. The standard InChI is InChI=1S/C13H27N3O/c1-5-14-11(2)10-13(17)16-8-6-12(7-9-16)15(3)4/h11-12,14H,5-10H2,1-4H3. The van der Waals surface area contributed by atoms with Crippen LogP contribution >= 0.6 is 0 Å². The van der Waals surface area contributed by atoms with Crippen molar-refractivity contribution in [3.05, 3.63) is 0 Å².